The number of nitrogens with zero attached hydrogens (tertiary/aromatic N) is 2. The Kier molecular flexibility index (Phi) is 3.14. The maximum absolute atomic E-state index is 11.7. The molecular formula is C11H12N4O5. The lowest BCUT2D eigenvalue weighted by Crippen LogP contribution is -2.53. The van der Waals surface area contributed by atoms with Crippen LogP contribution in [-0.4, -0.2) is 28.3 Å². The number of nitro benzene ring substituents is 2. The molecule has 9 heteroatoms. The van der Waals surface area contributed by atoms with Gasteiger partial charge in [0.2, 0.25) is 5.91 Å². The van der Waals surface area contributed by atoms with Crippen molar-refractivity contribution in [2.75, 3.05) is 7.05 Å². The van der Waals surface area contributed by atoms with Crippen LogP contribution in [0.3, 0.4) is 0 Å². The fourth-order valence-electron chi connectivity index (χ4n) is 2.44. The van der Waals surface area contributed by atoms with Gasteiger partial charge in [-0.2, -0.15) is 0 Å². The monoisotopic (exact) mass is 280 g/mol. The van der Waals surface area contributed by atoms with Gasteiger partial charge in [0, 0.05) is 32.0 Å². The van der Waals surface area contributed by atoms with Gasteiger partial charge in [-0.15, -0.1) is 0 Å². The largest absolute Gasteiger partial charge is 0.358 e. The van der Waals surface area contributed by atoms with Gasteiger partial charge in [0.25, 0.3) is 0 Å². The molecule has 9 nitrogen and oxygen atoms in total. The zero-order valence-corrected chi connectivity index (χ0v) is 10.6. The summed E-state index contributed by atoms with van der Waals surface area (Å²) in [6.07, 6.45) is 0.224. The Balaban J connectivity index is 2.51. The Morgan fingerprint density at radius 2 is 1.60 bits per heavy atom. The third kappa shape index (κ3) is 2.07. The molecule has 1 amide bonds. The number of hydrogen-bond acceptors (Lipinski definition) is 6. The van der Waals surface area contributed by atoms with E-state index in [1.54, 1.807) is 0 Å². The quantitative estimate of drug-likeness (QED) is 0.591. The van der Waals surface area contributed by atoms with E-state index in [2.05, 4.69) is 5.32 Å². The number of amides is 1. The van der Waals surface area contributed by atoms with Crippen LogP contribution in [0.2, 0.25) is 0 Å². The molecule has 1 aromatic carbocycles. The van der Waals surface area contributed by atoms with E-state index in [0.29, 0.717) is 11.1 Å². The number of nitro groups is 2. The van der Waals surface area contributed by atoms with E-state index in [9.17, 15) is 25.0 Å². The van der Waals surface area contributed by atoms with Gasteiger partial charge in [0.15, 0.2) is 0 Å². The van der Waals surface area contributed by atoms with Crippen LogP contribution in [0, 0.1) is 20.2 Å². The Morgan fingerprint density at radius 3 is 1.90 bits per heavy atom. The van der Waals surface area contributed by atoms with Crippen LogP contribution in [0.25, 0.3) is 0 Å². The van der Waals surface area contributed by atoms with Crippen molar-refractivity contribution in [2.24, 2.45) is 5.73 Å². The van der Waals surface area contributed by atoms with Crippen molar-refractivity contribution in [3.63, 3.8) is 0 Å². The van der Waals surface area contributed by atoms with E-state index < -0.39 is 32.7 Å². The Hall–Kier alpha value is -2.55. The van der Waals surface area contributed by atoms with Gasteiger partial charge < -0.3 is 11.1 Å². The summed E-state index contributed by atoms with van der Waals surface area (Å²) in [7, 11) is 1.44. The van der Waals surface area contributed by atoms with Crippen molar-refractivity contribution in [2.45, 2.75) is 18.4 Å². The predicted octanol–water partition coefficient (Wildman–Crippen LogP) is 0.0451. The van der Waals surface area contributed by atoms with Gasteiger partial charge in [-0.05, 0) is 11.1 Å². The third-order valence-electron chi connectivity index (χ3n) is 3.38. The molecule has 0 aromatic heterocycles. The highest BCUT2D eigenvalue weighted by Crippen LogP contribution is 2.37. The van der Waals surface area contributed by atoms with E-state index in [4.69, 9.17) is 5.73 Å². The minimum absolute atomic E-state index is 0.112. The van der Waals surface area contributed by atoms with Crippen LogP contribution in [0.1, 0.15) is 11.1 Å². The van der Waals surface area contributed by atoms with Crippen LogP contribution in [0.15, 0.2) is 12.1 Å². The van der Waals surface area contributed by atoms with Gasteiger partial charge in [0.05, 0.1) is 9.85 Å². The molecule has 0 heterocycles. The van der Waals surface area contributed by atoms with E-state index in [1.165, 1.54) is 7.05 Å². The summed E-state index contributed by atoms with van der Waals surface area (Å²) < 4.78 is 0. The topological polar surface area (TPSA) is 141 Å². The molecule has 2 rings (SSSR count). The maximum Gasteiger partial charge on any atom is 0.346 e. The molecule has 20 heavy (non-hydrogen) atoms. The number of nitrogens with two attached hydrogens (primary N) is 1. The number of likely N-dealkylation sites (N-methyl/N-ethyl adjacent to an activating group) is 1. The van der Waals surface area contributed by atoms with Crippen LogP contribution >= 0.6 is 0 Å². The first kappa shape index (κ1) is 13.9. The van der Waals surface area contributed by atoms with E-state index in [0.717, 1.165) is 12.1 Å². The van der Waals surface area contributed by atoms with Crippen molar-refractivity contribution in [3.8, 4) is 0 Å². The third-order valence-corrected chi connectivity index (χ3v) is 3.38. The first-order chi connectivity index (χ1) is 9.28. The molecule has 0 bridgehead atoms. The van der Waals surface area contributed by atoms with E-state index >= 15 is 0 Å². The first-order valence-corrected chi connectivity index (χ1v) is 5.74. The standard InChI is InChI=1S/C11H12N4O5/c1-13-10(16)11(12)4-6-2-8(14(17)18)9(15(19)20)3-7(6)5-11/h2-3H,4-5,12H2,1H3,(H,13,16). The second-order valence-corrected chi connectivity index (χ2v) is 4.71. The number of rotatable bonds is 3. The Bertz CT molecular complexity index is 584. The number of nitrogens with one attached hydrogen (secondary N) is 1. The zero-order chi connectivity index (χ0) is 15.1. The molecule has 0 saturated heterocycles. The molecule has 1 aromatic rings. The van der Waals surface area contributed by atoms with Gasteiger partial charge >= 0.3 is 11.4 Å². The lowest BCUT2D eigenvalue weighted by Gasteiger charge is -2.20. The predicted molar refractivity (Wildman–Crippen MR) is 68.1 cm³/mol. The van der Waals surface area contributed by atoms with Crippen molar-refractivity contribution in [1.82, 2.24) is 5.32 Å². The van der Waals surface area contributed by atoms with Crippen molar-refractivity contribution in [1.29, 1.82) is 0 Å². The van der Waals surface area contributed by atoms with Gasteiger partial charge in [-0.1, -0.05) is 0 Å². The van der Waals surface area contributed by atoms with Crippen LogP contribution in [0.4, 0.5) is 11.4 Å². The van der Waals surface area contributed by atoms with Gasteiger partial charge in [0.1, 0.15) is 5.54 Å². The fourth-order valence-corrected chi connectivity index (χ4v) is 2.44. The summed E-state index contributed by atoms with van der Waals surface area (Å²) in [5.74, 6) is -0.404. The zero-order valence-electron chi connectivity index (χ0n) is 10.6. The molecule has 0 fully saturated rings. The molecule has 1 aliphatic rings. The minimum atomic E-state index is -1.22. The van der Waals surface area contributed by atoms with Crippen molar-refractivity contribution in [3.05, 3.63) is 43.5 Å². The minimum Gasteiger partial charge on any atom is -0.358 e. The van der Waals surface area contributed by atoms with Crippen molar-refractivity contribution >= 4 is 17.3 Å². The molecule has 0 aliphatic heterocycles. The van der Waals surface area contributed by atoms with Crippen LogP contribution < -0.4 is 11.1 Å². The Morgan fingerprint density at radius 1 is 1.20 bits per heavy atom. The highest BCUT2D eigenvalue weighted by Gasteiger charge is 2.42. The number of hydrogen-bond donors (Lipinski definition) is 2. The number of carbonyl (C=O) groups excluding carboxylic acids is 1. The first-order valence-electron chi connectivity index (χ1n) is 5.74. The van der Waals surface area contributed by atoms with Crippen LogP contribution in [-0.2, 0) is 17.6 Å². The molecule has 3 N–H and O–H groups in total. The molecule has 0 radical (unpaired) electrons. The van der Waals surface area contributed by atoms with Gasteiger partial charge in [-0.25, -0.2) is 0 Å². The number of fused-ring (bicyclic) bond motifs is 1. The Labute approximate surface area is 113 Å². The second kappa shape index (κ2) is 4.53. The average molecular weight is 280 g/mol. The lowest BCUT2D eigenvalue weighted by molar-refractivity contribution is -0.422. The number of benzene rings is 1. The molecular weight excluding hydrogens is 268 g/mol. The molecule has 0 saturated carbocycles. The smallest absolute Gasteiger partial charge is 0.346 e. The summed E-state index contributed by atoms with van der Waals surface area (Å²) in [6.45, 7) is 0. The van der Waals surface area contributed by atoms with E-state index in [1.807, 2.05) is 0 Å². The molecule has 0 spiro atoms. The summed E-state index contributed by atoms with van der Waals surface area (Å²) in [5.41, 5.74) is 4.55. The molecule has 0 unspecified atom stereocenters. The molecule has 0 atom stereocenters. The molecule has 1 aliphatic carbocycles. The summed E-state index contributed by atoms with van der Waals surface area (Å²) in [6, 6.07) is 2.26. The summed E-state index contributed by atoms with van der Waals surface area (Å²) in [4.78, 5) is 31.9. The highest BCUT2D eigenvalue weighted by atomic mass is 16.6. The average Bonchev–Trinajstić information content (AvgIpc) is 2.72. The van der Waals surface area contributed by atoms with E-state index in [-0.39, 0.29) is 12.8 Å². The number of carbonyl (C=O) groups is 1. The van der Waals surface area contributed by atoms with Crippen molar-refractivity contribution < 1.29 is 14.6 Å². The maximum atomic E-state index is 11.7. The summed E-state index contributed by atoms with van der Waals surface area (Å²) >= 11 is 0. The summed E-state index contributed by atoms with van der Waals surface area (Å²) in [5, 5.41) is 24.2. The highest BCUT2D eigenvalue weighted by molar-refractivity contribution is 5.88. The lowest BCUT2D eigenvalue weighted by atomic mass is 9.96. The van der Waals surface area contributed by atoms with Crippen LogP contribution in [0.5, 0.6) is 0 Å². The SMILES string of the molecule is CNC(=O)C1(N)Cc2cc([N+](=O)[O-])c([N+](=O)[O-])cc2C1. The second-order valence-electron chi connectivity index (χ2n) is 4.71. The van der Waals surface area contributed by atoms with Gasteiger partial charge in [-0.3, -0.25) is 25.0 Å². The fraction of sp³-hybridized carbons (Fsp3) is 0.364. The molecule has 106 valence electrons. The normalized spacial score (nSPS) is 15.5.